The number of carbonyl (C=O) groups is 2. The Kier molecular flexibility index (Phi) is 4.62. The summed E-state index contributed by atoms with van der Waals surface area (Å²) in [5.74, 6) is 0.749. The normalized spacial score (nSPS) is 13.5. The second kappa shape index (κ2) is 7.23. The maximum atomic E-state index is 12.0. The number of hydrogen-bond donors (Lipinski definition) is 3. The van der Waals surface area contributed by atoms with Gasteiger partial charge in [-0.15, -0.1) is 0 Å². The summed E-state index contributed by atoms with van der Waals surface area (Å²) in [7, 11) is 0. The first kappa shape index (κ1) is 17.3. The minimum atomic E-state index is 0.00938. The fraction of sp³-hybridized carbons (Fsp3) is 0.286. The van der Waals surface area contributed by atoms with Crippen molar-refractivity contribution in [2.24, 2.45) is 5.92 Å². The van der Waals surface area contributed by atoms with E-state index in [0.717, 1.165) is 47.0 Å². The van der Waals surface area contributed by atoms with Gasteiger partial charge in [-0.3, -0.25) is 9.59 Å². The van der Waals surface area contributed by atoms with Crippen LogP contribution in [0.25, 0.3) is 22.0 Å². The van der Waals surface area contributed by atoms with Crippen molar-refractivity contribution in [3.63, 3.8) is 0 Å². The zero-order valence-corrected chi connectivity index (χ0v) is 15.2. The Hall–Kier alpha value is -3.15. The second-order valence-electron chi connectivity index (χ2n) is 6.92. The van der Waals surface area contributed by atoms with Gasteiger partial charge in [0.2, 0.25) is 11.8 Å². The molecule has 4 rings (SSSR count). The molecule has 2 amide bonds. The molecule has 1 aliphatic carbocycles. The molecular formula is C21H22N4O2. The Morgan fingerprint density at radius 1 is 1.22 bits per heavy atom. The highest BCUT2D eigenvalue weighted by atomic mass is 16.2. The predicted octanol–water partition coefficient (Wildman–Crippen LogP) is 4.32. The SMILES string of the molecule is CCCC(=O)Nc1cccc2c(-c3ccnc(NC(=O)C4CC4)c3)c[nH]c12. The van der Waals surface area contributed by atoms with Gasteiger partial charge in [-0.1, -0.05) is 19.1 Å². The van der Waals surface area contributed by atoms with E-state index in [1.807, 2.05) is 43.5 Å². The van der Waals surface area contributed by atoms with Crippen LogP contribution in [0.5, 0.6) is 0 Å². The van der Waals surface area contributed by atoms with Crippen molar-refractivity contribution in [2.75, 3.05) is 10.6 Å². The van der Waals surface area contributed by atoms with E-state index in [2.05, 4.69) is 20.6 Å². The summed E-state index contributed by atoms with van der Waals surface area (Å²) in [4.78, 5) is 31.5. The summed E-state index contributed by atoms with van der Waals surface area (Å²) in [6.45, 7) is 1.98. The van der Waals surface area contributed by atoms with Crippen LogP contribution in [0.2, 0.25) is 0 Å². The first-order chi connectivity index (χ1) is 13.2. The van der Waals surface area contributed by atoms with Gasteiger partial charge in [0, 0.05) is 35.7 Å². The van der Waals surface area contributed by atoms with Crippen LogP contribution in [-0.2, 0) is 9.59 Å². The lowest BCUT2D eigenvalue weighted by molar-refractivity contribution is -0.117. The fourth-order valence-corrected chi connectivity index (χ4v) is 3.18. The lowest BCUT2D eigenvalue weighted by atomic mass is 10.1. The Morgan fingerprint density at radius 3 is 2.85 bits per heavy atom. The van der Waals surface area contributed by atoms with Crippen LogP contribution in [0.15, 0.2) is 42.7 Å². The van der Waals surface area contributed by atoms with E-state index >= 15 is 0 Å². The highest BCUT2D eigenvalue weighted by molar-refractivity contribution is 6.06. The molecule has 0 saturated heterocycles. The number of aromatic amines is 1. The Labute approximate surface area is 157 Å². The smallest absolute Gasteiger partial charge is 0.228 e. The Balaban J connectivity index is 1.64. The van der Waals surface area contributed by atoms with Crippen LogP contribution in [0.3, 0.4) is 0 Å². The molecule has 3 aromatic rings. The quantitative estimate of drug-likeness (QED) is 0.610. The van der Waals surface area contributed by atoms with Gasteiger partial charge in [0.15, 0.2) is 0 Å². The number of H-pyrrole nitrogens is 1. The average molecular weight is 362 g/mol. The summed E-state index contributed by atoms with van der Waals surface area (Å²) < 4.78 is 0. The van der Waals surface area contributed by atoms with Gasteiger partial charge in [-0.2, -0.15) is 0 Å². The molecule has 138 valence electrons. The summed E-state index contributed by atoms with van der Waals surface area (Å²) >= 11 is 0. The third kappa shape index (κ3) is 3.69. The molecule has 1 fully saturated rings. The molecule has 0 atom stereocenters. The number of pyridine rings is 1. The first-order valence-electron chi connectivity index (χ1n) is 9.33. The Bertz CT molecular complexity index is 1000. The number of amides is 2. The Morgan fingerprint density at radius 2 is 2.07 bits per heavy atom. The van der Waals surface area contributed by atoms with Crippen LogP contribution < -0.4 is 10.6 Å². The predicted molar refractivity (Wildman–Crippen MR) is 106 cm³/mol. The highest BCUT2D eigenvalue weighted by Gasteiger charge is 2.29. The van der Waals surface area contributed by atoms with Crippen molar-refractivity contribution in [1.82, 2.24) is 9.97 Å². The molecular weight excluding hydrogens is 340 g/mol. The molecule has 3 N–H and O–H groups in total. The number of anilines is 2. The van der Waals surface area contributed by atoms with Crippen molar-refractivity contribution in [1.29, 1.82) is 0 Å². The standard InChI is InChI=1S/C21H22N4O2/c1-2-4-19(26)24-17-6-3-5-15-16(12-23-20(15)17)14-9-10-22-18(11-14)25-21(27)13-7-8-13/h3,5-6,9-13,23H,2,4,7-8H2,1H3,(H,24,26)(H,22,25,27). The van der Waals surface area contributed by atoms with Gasteiger partial charge in [0.1, 0.15) is 5.82 Å². The van der Waals surface area contributed by atoms with Crippen LogP contribution in [0.4, 0.5) is 11.5 Å². The molecule has 0 aliphatic heterocycles. The molecule has 1 aliphatic rings. The topological polar surface area (TPSA) is 86.9 Å². The highest BCUT2D eigenvalue weighted by Crippen LogP contribution is 2.34. The van der Waals surface area contributed by atoms with E-state index in [4.69, 9.17) is 0 Å². The molecule has 0 spiro atoms. The summed E-state index contributed by atoms with van der Waals surface area (Å²) in [5, 5.41) is 6.87. The molecule has 27 heavy (non-hydrogen) atoms. The minimum Gasteiger partial charge on any atom is -0.359 e. The van der Waals surface area contributed by atoms with Gasteiger partial charge in [-0.05, 0) is 43.0 Å². The summed E-state index contributed by atoms with van der Waals surface area (Å²) in [6, 6.07) is 9.63. The van der Waals surface area contributed by atoms with Gasteiger partial charge >= 0.3 is 0 Å². The molecule has 0 bridgehead atoms. The number of nitrogens with one attached hydrogen (secondary N) is 3. The third-order valence-corrected chi connectivity index (χ3v) is 4.74. The molecule has 2 aromatic heterocycles. The maximum absolute atomic E-state index is 12.0. The zero-order chi connectivity index (χ0) is 18.8. The summed E-state index contributed by atoms with van der Waals surface area (Å²) in [5.41, 5.74) is 3.62. The number of aromatic nitrogens is 2. The first-order valence-corrected chi connectivity index (χ1v) is 9.33. The van der Waals surface area contributed by atoms with Crippen molar-refractivity contribution in [3.8, 4) is 11.1 Å². The number of nitrogens with zero attached hydrogens (tertiary/aromatic N) is 1. The van der Waals surface area contributed by atoms with E-state index in [1.165, 1.54) is 0 Å². The van der Waals surface area contributed by atoms with Crippen LogP contribution >= 0.6 is 0 Å². The zero-order valence-electron chi connectivity index (χ0n) is 15.2. The van der Waals surface area contributed by atoms with Crippen molar-refractivity contribution >= 4 is 34.2 Å². The number of para-hydroxylation sites is 1. The van der Waals surface area contributed by atoms with Gasteiger partial charge in [0.05, 0.1) is 11.2 Å². The molecule has 1 aromatic carbocycles. The number of carbonyl (C=O) groups excluding carboxylic acids is 2. The van der Waals surface area contributed by atoms with Gasteiger partial charge < -0.3 is 15.6 Å². The number of fused-ring (bicyclic) bond motifs is 1. The van der Waals surface area contributed by atoms with E-state index in [0.29, 0.717) is 12.2 Å². The molecule has 2 heterocycles. The lowest BCUT2D eigenvalue weighted by Crippen LogP contribution is -2.14. The molecule has 0 unspecified atom stereocenters. The number of rotatable bonds is 6. The molecule has 1 saturated carbocycles. The van der Waals surface area contributed by atoms with Gasteiger partial charge in [-0.25, -0.2) is 4.98 Å². The van der Waals surface area contributed by atoms with Crippen LogP contribution in [0, 0.1) is 5.92 Å². The van der Waals surface area contributed by atoms with Crippen LogP contribution in [-0.4, -0.2) is 21.8 Å². The number of benzene rings is 1. The van der Waals surface area contributed by atoms with Crippen LogP contribution in [0.1, 0.15) is 32.6 Å². The van der Waals surface area contributed by atoms with E-state index in [1.54, 1.807) is 6.20 Å². The fourth-order valence-electron chi connectivity index (χ4n) is 3.18. The minimum absolute atomic E-state index is 0.00938. The van der Waals surface area contributed by atoms with E-state index in [-0.39, 0.29) is 17.7 Å². The third-order valence-electron chi connectivity index (χ3n) is 4.74. The molecule has 0 radical (unpaired) electrons. The van der Waals surface area contributed by atoms with Crippen molar-refractivity contribution in [2.45, 2.75) is 32.6 Å². The largest absolute Gasteiger partial charge is 0.359 e. The monoisotopic (exact) mass is 362 g/mol. The van der Waals surface area contributed by atoms with Crippen molar-refractivity contribution in [3.05, 3.63) is 42.7 Å². The number of hydrogen-bond acceptors (Lipinski definition) is 3. The average Bonchev–Trinajstić information content (AvgIpc) is 3.42. The molecule has 6 heteroatoms. The second-order valence-corrected chi connectivity index (χ2v) is 6.92. The van der Waals surface area contributed by atoms with E-state index < -0.39 is 0 Å². The van der Waals surface area contributed by atoms with Crippen molar-refractivity contribution < 1.29 is 9.59 Å². The molecule has 6 nitrogen and oxygen atoms in total. The lowest BCUT2D eigenvalue weighted by Gasteiger charge is -2.07. The van der Waals surface area contributed by atoms with Gasteiger partial charge in [0.25, 0.3) is 0 Å². The summed E-state index contributed by atoms with van der Waals surface area (Å²) in [6.07, 6.45) is 6.84. The maximum Gasteiger partial charge on any atom is 0.228 e. The van der Waals surface area contributed by atoms with E-state index in [9.17, 15) is 9.59 Å².